The summed E-state index contributed by atoms with van der Waals surface area (Å²) in [5.74, 6) is 1.84. The Kier molecular flexibility index (Phi) is 8.37. The van der Waals surface area contributed by atoms with Gasteiger partial charge in [0.2, 0.25) is 5.91 Å². The Hall–Kier alpha value is -2.49. The summed E-state index contributed by atoms with van der Waals surface area (Å²) in [6.45, 7) is 9.04. The van der Waals surface area contributed by atoms with Crippen molar-refractivity contribution in [3.63, 3.8) is 0 Å². The van der Waals surface area contributed by atoms with Crippen LogP contribution in [0.5, 0.6) is 5.75 Å². The van der Waals surface area contributed by atoms with Gasteiger partial charge in [0.1, 0.15) is 5.75 Å². The Morgan fingerprint density at radius 2 is 2.00 bits per heavy atom. The second kappa shape index (κ2) is 10.7. The first-order valence-electron chi connectivity index (χ1n) is 10.0. The maximum Gasteiger partial charge on any atom is 0.223 e. The Morgan fingerprint density at radius 1 is 1.29 bits per heavy atom. The van der Waals surface area contributed by atoms with Gasteiger partial charge in [0.15, 0.2) is 0 Å². The van der Waals surface area contributed by atoms with Crippen molar-refractivity contribution in [3.05, 3.63) is 66.0 Å². The van der Waals surface area contributed by atoms with Crippen LogP contribution >= 0.6 is 0 Å². The first-order valence-corrected chi connectivity index (χ1v) is 10.0. The summed E-state index contributed by atoms with van der Waals surface area (Å²) in [6, 6.07) is 8.26. The largest absolute Gasteiger partial charge is 0.501 e. The summed E-state index contributed by atoms with van der Waals surface area (Å²) in [5.41, 5.74) is 2.09. The zero-order valence-corrected chi connectivity index (χ0v) is 17.6. The highest BCUT2D eigenvalue weighted by molar-refractivity contribution is 5.78. The molecule has 1 saturated heterocycles. The number of allylic oxidation sites excluding steroid dienone is 5. The molecule has 28 heavy (non-hydrogen) atoms. The van der Waals surface area contributed by atoms with Crippen LogP contribution < -0.4 is 4.74 Å². The summed E-state index contributed by atoms with van der Waals surface area (Å²) >= 11 is 0. The lowest BCUT2D eigenvalue weighted by Crippen LogP contribution is -2.34. The van der Waals surface area contributed by atoms with Gasteiger partial charge in [-0.3, -0.25) is 4.79 Å². The zero-order valence-electron chi connectivity index (χ0n) is 17.6. The number of carbonyl (C=O) groups excluding carboxylic acids is 1. The van der Waals surface area contributed by atoms with E-state index >= 15 is 0 Å². The molecule has 152 valence electrons. The second-order valence-electron chi connectivity index (χ2n) is 7.17. The van der Waals surface area contributed by atoms with Crippen LogP contribution in [0.1, 0.15) is 51.0 Å². The van der Waals surface area contributed by atoms with E-state index < -0.39 is 0 Å². The molecule has 1 aromatic carbocycles. The Balaban J connectivity index is 2.35. The third-order valence-electron chi connectivity index (χ3n) is 5.48. The molecule has 1 aliphatic rings. The highest BCUT2D eigenvalue weighted by Crippen LogP contribution is 2.32. The van der Waals surface area contributed by atoms with E-state index in [0.29, 0.717) is 12.5 Å². The topological polar surface area (TPSA) is 38.8 Å². The number of ether oxygens (including phenoxy) is 2. The lowest BCUT2D eigenvalue weighted by molar-refractivity contribution is -0.131. The summed E-state index contributed by atoms with van der Waals surface area (Å²) in [7, 11) is 3.33. The number of rotatable bonds is 9. The quantitative estimate of drug-likeness (QED) is 0.433. The van der Waals surface area contributed by atoms with Gasteiger partial charge in [-0.15, -0.1) is 0 Å². The molecule has 0 saturated carbocycles. The molecule has 0 aromatic heterocycles. The average molecular weight is 384 g/mol. The van der Waals surface area contributed by atoms with E-state index in [1.54, 1.807) is 14.2 Å². The minimum Gasteiger partial charge on any atom is -0.501 e. The molecule has 0 bridgehead atoms. The van der Waals surface area contributed by atoms with Gasteiger partial charge in [-0.05, 0) is 49.1 Å². The first kappa shape index (κ1) is 21.8. The summed E-state index contributed by atoms with van der Waals surface area (Å²) in [6.07, 6.45) is 9.24. The van der Waals surface area contributed by atoms with Crippen LogP contribution in [0, 0.1) is 0 Å². The molecule has 0 radical (unpaired) electrons. The van der Waals surface area contributed by atoms with Gasteiger partial charge >= 0.3 is 0 Å². The fourth-order valence-electron chi connectivity index (χ4n) is 3.71. The summed E-state index contributed by atoms with van der Waals surface area (Å²) < 4.78 is 10.7. The molecule has 2 unspecified atom stereocenters. The molecule has 1 heterocycles. The minimum absolute atomic E-state index is 0.0603. The van der Waals surface area contributed by atoms with Gasteiger partial charge in [0.25, 0.3) is 0 Å². The van der Waals surface area contributed by atoms with Crippen LogP contribution in [0.2, 0.25) is 0 Å². The average Bonchev–Trinajstić information content (AvgIpc) is 3.16. The van der Waals surface area contributed by atoms with Crippen LogP contribution in [0.4, 0.5) is 0 Å². The third kappa shape index (κ3) is 5.51. The highest BCUT2D eigenvalue weighted by Gasteiger charge is 2.28. The van der Waals surface area contributed by atoms with Gasteiger partial charge in [-0.25, -0.2) is 0 Å². The van der Waals surface area contributed by atoms with Crippen molar-refractivity contribution < 1.29 is 14.3 Å². The summed E-state index contributed by atoms with van der Waals surface area (Å²) in [5, 5.41) is 0. The predicted octanol–water partition coefficient (Wildman–Crippen LogP) is 5.23. The number of hydrogen-bond donors (Lipinski definition) is 0. The van der Waals surface area contributed by atoms with E-state index in [9.17, 15) is 4.79 Å². The van der Waals surface area contributed by atoms with Crippen molar-refractivity contribution in [1.82, 2.24) is 4.90 Å². The monoisotopic (exact) mass is 383 g/mol. The van der Waals surface area contributed by atoms with Gasteiger partial charge in [-0.2, -0.15) is 0 Å². The molecule has 0 N–H and O–H groups in total. The van der Waals surface area contributed by atoms with Crippen LogP contribution in [0.15, 0.2) is 60.4 Å². The van der Waals surface area contributed by atoms with Crippen molar-refractivity contribution in [2.75, 3.05) is 20.8 Å². The van der Waals surface area contributed by atoms with Crippen LogP contribution in [-0.2, 0) is 9.53 Å². The molecule has 0 spiro atoms. The van der Waals surface area contributed by atoms with Crippen molar-refractivity contribution >= 4 is 5.91 Å². The molecule has 4 nitrogen and oxygen atoms in total. The van der Waals surface area contributed by atoms with Gasteiger partial charge in [0, 0.05) is 31.3 Å². The van der Waals surface area contributed by atoms with Crippen molar-refractivity contribution in [3.8, 4) is 5.75 Å². The highest BCUT2D eigenvalue weighted by atomic mass is 16.5. The standard InChI is InChI=1S/C24H33NO3/c1-6-19(10-13-21(7-2)27-4)23(20-11-14-22(28-5)15-12-20)17-24(26)25-16-8-9-18(25)3/h6,10-15,18,23H,1,7-9,16-17H2,2-5H3/b19-10+,21-13+. The minimum atomic E-state index is -0.0603. The van der Waals surface area contributed by atoms with Crippen LogP contribution in [0.3, 0.4) is 0 Å². The van der Waals surface area contributed by atoms with E-state index in [4.69, 9.17) is 9.47 Å². The molecule has 4 heteroatoms. The van der Waals surface area contributed by atoms with Crippen molar-refractivity contribution in [2.45, 2.75) is 51.5 Å². The van der Waals surface area contributed by atoms with E-state index in [2.05, 4.69) is 20.4 Å². The first-order chi connectivity index (χ1) is 13.5. The Bertz CT molecular complexity index is 712. The van der Waals surface area contributed by atoms with E-state index in [-0.39, 0.29) is 11.8 Å². The number of methoxy groups -OCH3 is 2. The number of amides is 1. The summed E-state index contributed by atoms with van der Waals surface area (Å²) in [4.78, 5) is 15.0. The normalized spacial score (nSPS) is 18.7. The van der Waals surface area contributed by atoms with Gasteiger partial charge in [0.05, 0.1) is 20.0 Å². The van der Waals surface area contributed by atoms with Gasteiger partial charge in [-0.1, -0.05) is 37.8 Å². The Labute approximate surface area is 169 Å². The maximum atomic E-state index is 13.0. The SMILES string of the molecule is C=C/C(=C\C=C(/CC)OC)C(CC(=O)N1CCCC1C)c1ccc(OC)cc1. The smallest absolute Gasteiger partial charge is 0.223 e. The maximum absolute atomic E-state index is 13.0. The molecule has 2 rings (SSSR count). The molecular weight excluding hydrogens is 350 g/mol. The fraction of sp³-hybridized carbons (Fsp3) is 0.458. The second-order valence-corrected chi connectivity index (χ2v) is 7.17. The molecular formula is C24H33NO3. The lowest BCUT2D eigenvalue weighted by atomic mass is 9.87. The molecule has 1 aliphatic heterocycles. The number of hydrogen-bond acceptors (Lipinski definition) is 3. The molecule has 0 aliphatic carbocycles. The van der Waals surface area contributed by atoms with Gasteiger partial charge < -0.3 is 14.4 Å². The fourth-order valence-corrected chi connectivity index (χ4v) is 3.71. The molecule has 2 atom stereocenters. The third-order valence-corrected chi connectivity index (χ3v) is 5.48. The molecule has 1 aromatic rings. The van der Waals surface area contributed by atoms with Crippen LogP contribution in [-0.4, -0.2) is 37.6 Å². The van der Waals surface area contributed by atoms with Crippen molar-refractivity contribution in [2.24, 2.45) is 0 Å². The van der Waals surface area contributed by atoms with Crippen LogP contribution in [0.25, 0.3) is 0 Å². The number of benzene rings is 1. The molecule has 1 amide bonds. The van der Waals surface area contributed by atoms with Crippen molar-refractivity contribution in [1.29, 1.82) is 0 Å². The number of carbonyl (C=O) groups is 1. The Morgan fingerprint density at radius 3 is 2.50 bits per heavy atom. The zero-order chi connectivity index (χ0) is 20.5. The lowest BCUT2D eigenvalue weighted by Gasteiger charge is -2.25. The number of nitrogens with zero attached hydrogens (tertiary/aromatic N) is 1. The molecule has 1 fully saturated rings. The van der Waals surface area contributed by atoms with E-state index in [1.165, 1.54) is 0 Å². The number of likely N-dealkylation sites (tertiary alicyclic amines) is 1. The van der Waals surface area contributed by atoms with E-state index in [0.717, 1.165) is 48.5 Å². The van der Waals surface area contributed by atoms with E-state index in [1.807, 2.05) is 47.4 Å². The predicted molar refractivity (Wildman–Crippen MR) is 114 cm³/mol.